The quantitative estimate of drug-likeness (QED) is 0.349. The molecule has 0 heterocycles. The average Bonchev–Trinajstić information content (AvgIpc) is 2.82. The monoisotopic (exact) mass is 399 g/mol. The molecule has 0 N–H and O–H groups in total. The maximum atomic E-state index is 5.99. The number of ether oxygens (including phenoxy) is 1. The molecule has 2 nitrogen and oxygen atoms in total. The number of hydrogen-bond acceptors (Lipinski definition) is 2. The maximum absolute atomic E-state index is 5.99. The summed E-state index contributed by atoms with van der Waals surface area (Å²) in [6.45, 7) is 10.4. The van der Waals surface area contributed by atoms with E-state index in [9.17, 15) is 0 Å². The van der Waals surface area contributed by atoms with Crippen molar-refractivity contribution in [2.75, 3.05) is 26.2 Å². The lowest BCUT2D eigenvalue weighted by Gasteiger charge is -2.19. The topological polar surface area (TPSA) is 12.5 Å². The van der Waals surface area contributed by atoms with Crippen LogP contribution in [0.3, 0.4) is 0 Å². The number of rotatable bonds is 10. The third-order valence-corrected chi connectivity index (χ3v) is 5.55. The fourth-order valence-corrected chi connectivity index (χ4v) is 3.83. The van der Waals surface area contributed by atoms with Crippen molar-refractivity contribution >= 4 is 11.1 Å². The lowest BCUT2D eigenvalue weighted by Crippen LogP contribution is -2.27. The molecule has 3 rings (SSSR count). The van der Waals surface area contributed by atoms with Gasteiger partial charge in [-0.05, 0) is 59.5 Å². The van der Waals surface area contributed by atoms with Gasteiger partial charge in [-0.1, -0.05) is 93.6 Å². The molecular weight excluding hydrogens is 366 g/mol. The van der Waals surface area contributed by atoms with Crippen molar-refractivity contribution in [1.82, 2.24) is 4.90 Å². The van der Waals surface area contributed by atoms with Gasteiger partial charge in [0.1, 0.15) is 12.4 Å². The third-order valence-electron chi connectivity index (χ3n) is 5.55. The van der Waals surface area contributed by atoms with Crippen LogP contribution in [0.25, 0.3) is 11.1 Å². The molecule has 3 aromatic carbocycles. The van der Waals surface area contributed by atoms with Crippen LogP contribution in [0.1, 0.15) is 43.9 Å². The zero-order chi connectivity index (χ0) is 21.2. The molecule has 0 bridgehead atoms. The molecule has 0 amide bonds. The van der Waals surface area contributed by atoms with E-state index in [0.29, 0.717) is 6.61 Å². The van der Waals surface area contributed by atoms with Gasteiger partial charge < -0.3 is 9.64 Å². The van der Waals surface area contributed by atoms with Crippen molar-refractivity contribution < 1.29 is 4.74 Å². The molecule has 0 saturated heterocycles. The van der Waals surface area contributed by atoms with Crippen LogP contribution >= 0.6 is 0 Å². The van der Waals surface area contributed by atoms with Gasteiger partial charge in [0.15, 0.2) is 0 Å². The van der Waals surface area contributed by atoms with Crippen LogP contribution in [0.4, 0.5) is 0 Å². The zero-order valence-corrected chi connectivity index (χ0v) is 18.5. The highest BCUT2D eigenvalue weighted by Crippen LogP contribution is 2.34. The average molecular weight is 400 g/mol. The Labute approximate surface area is 181 Å². The van der Waals surface area contributed by atoms with Crippen LogP contribution in [0.15, 0.2) is 84.9 Å². The van der Waals surface area contributed by atoms with Gasteiger partial charge in [0, 0.05) is 6.54 Å². The fraction of sp³-hybridized carbons (Fsp3) is 0.286. The van der Waals surface area contributed by atoms with E-state index in [-0.39, 0.29) is 0 Å². The highest BCUT2D eigenvalue weighted by Gasteiger charge is 2.13. The molecule has 0 aromatic heterocycles. The van der Waals surface area contributed by atoms with Gasteiger partial charge in [-0.3, -0.25) is 0 Å². The van der Waals surface area contributed by atoms with Gasteiger partial charge in [0.05, 0.1) is 0 Å². The SMILES string of the molecule is CC/C(=C(/c1ccccc1)c1ccc(OCCN(CC)CC)cc1)c1ccccc1. The number of nitrogens with zero attached hydrogens (tertiary/aromatic N) is 1. The van der Waals surface area contributed by atoms with E-state index in [0.717, 1.165) is 31.8 Å². The Morgan fingerprint density at radius 2 is 1.20 bits per heavy atom. The molecule has 0 aliphatic rings. The van der Waals surface area contributed by atoms with Crippen molar-refractivity contribution in [1.29, 1.82) is 0 Å². The van der Waals surface area contributed by atoms with Gasteiger partial charge in [0.2, 0.25) is 0 Å². The maximum Gasteiger partial charge on any atom is 0.119 e. The van der Waals surface area contributed by atoms with E-state index in [4.69, 9.17) is 4.74 Å². The summed E-state index contributed by atoms with van der Waals surface area (Å²) in [5.74, 6) is 0.927. The van der Waals surface area contributed by atoms with E-state index in [1.54, 1.807) is 0 Å². The number of hydrogen-bond donors (Lipinski definition) is 0. The molecule has 0 spiro atoms. The summed E-state index contributed by atoms with van der Waals surface area (Å²) in [7, 11) is 0. The molecule has 0 radical (unpaired) electrons. The van der Waals surface area contributed by atoms with Crippen molar-refractivity contribution in [3.8, 4) is 5.75 Å². The summed E-state index contributed by atoms with van der Waals surface area (Å²) in [5, 5.41) is 0. The lowest BCUT2D eigenvalue weighted by molar-refractivity contribution is 0.223. The largest absolute Gasteiger partial charge is 0.492 e. The molecule has 3 aromatic rings. The van der Waals surface area contributed by atoms with Crippen LogP contribution in [0.5, 0.6) is 5.75 Å². The summed E-state index contributed by atoms with van der Waals surface area (Å²) in [5.41, 5.74) is 6.39. The predicted molar refractivity (Wildman–Crippen MR) is 129 cm³/mol. The highest BCUT2D eigenvalue weighted by molar-refractivity contribution is 5.98. The first-order valence-electron chi connectivity index (χ1n) is 11.1. The van der Waals surface area contributed by atoms with Gasteiger partial charge in [0.25, 0.3) is 0 Å². The molecule has 0 atom stereocenters. The van der Waals surface area contributed by atoms with Gasteiger partial charge >= 0.3 is 0 Å². The summed E-state index contributed by atoms with van der Waals surface area (Å²) < 4.78 is 5.99. The molecule has 0 aliphatic carbocycles. The Balaban J connectivity index is 1.91. The first-order chi connectivity index (χ1) is 14.8. The van der Waals surface area contributed by atoms with Crippen LogP contribution in [0, 0.1) is 0 Å². The van der Waals surface area contributed by atoms with Crippen molar-refractivity contribution in [2.24, 2.45) is 0 Å². The normalized spacial score (nSPS) is 12.0. The van der Waals surface area contributed by atoms with Gasteiger partial charge in [-0.15, -0.1) is 0 Å². The van der Waals surface area contributed by atoms with E-state index in [1.165, 1.54) is 27.8 Å². The molecule has 156 valence electrons. The second kappa shape index (κ2) is 11.4. The zero-order valence-electron chi connectivity index (χ0n) is 18.5. The Hall–Kier alpha value is -2.84. The summed E-state index contributed by atoms with van der Waals surface area (Å²) in [6, 6.07) is 29.9. The van der Waals surface area contributed by atoms with Crippen molar-refractivity contribution in [2.45, 2.75) is 27.2 Å². The molecule has 0 saturated carbocycles. The highest BCUT2D eigenvalue weighted by atomic mass is 16.5. The predicted octanol–water partition coefficient (Wildman–Crippen LogP) is 6.78. The summed E-state index contributed by atoms with van der Waals surface area (Å²) in [6.07, 6.45) is 0.969. The van der Waals surface area contributed by atoms with Crippen molar-refractivity contribution in [3.63, 3.8) is 0 Å². The second-order valence-electron chi connectivity index (χ2n) is 7.34. The third kappa shape index (κ3) is 5.61. The smallest absolute Gasteiger partial charge is 0.119 e. The minimum absolute atomic E-state index is 0.715. The molecule has 0 unspecified atom stereocenters. The first-order valence-corrected chi connectivity index (χ1v) is 11.1. The first kappa shape index (κ1) is 21.9. The van der Waals surface area contributed by atoms with Gasteiger partial charge in [-0.2, -0.15) is 0 Å². The number of allylic oxidation sites excluding steroid dienone is 1. The second-order valence-corrected chi connectivity index (χ2v) is 7.34. The Morgan fingerprint density at radius 3 is 1.73 bits per heavy atom. The Morgan fingerprint density at radius 1 is 0.667 bits per heavy atom. The lowest BCUT2D eigenvalue weighted by atomic mass is 9.88. The molecule has 2 heteroatoms. The fourth-order valence-electron chi connectivity index (χ4n) is 3.83. The van der Waals surface area contributed by atoms with Crippen LogP contribution < -0.4 is 4.74 Å². The minimum atomic E-state index is 0.715. The van der Waals surface area contributed by atoms with E-state index in [2.05, 4.69) is 111 Å². The van der Waals surface area contributed by atoms with E-state index >= 15 is 0 Å². The molecule has 0 fully saturated rings. The van der Waals surface area contributed by atoms with E-state index in [1.807, 2.05) is 0 Å². The molecule has 0 aliphatic heterocycles. The summed E-state index contributed by atoms with van der Waals surface area (Å²) in [4.78, 5) is 2.37. The number of benzene rings is 3. The van der Waals surface area contributed by atoms with Gasteiger partial charge in [-0.25, -0.2) is 0 Å². The standard InChI is InChI=1S/C28H33NO/c1-4-27(23-13-9-7-10-14-23)28(24-15-11-8-12-16-24)25-17-19-26(20-18-25)30-22-21-29(5-2)6-3/h7-20H,4-6,21-22H2,1-3H3/b28-27+. The van der Waals surface area contributed by atoms with Crippen molar-refractivity contribution in [3.05, 3.63) is 102 Å². The van der Waals surface area contributed by atoms with E-state index < -0.39 is 0 Å². The van der Waals surface area contributed by atoms with Crippen LogP contribution in [-0.4, -0.2) is 31.1 Å². The molecule has 30 heavy (non-hydrogen) atoms. The number of likely N-dealkylation sites (N-methyl/N-ethyl adjacent to an activating group) is 1. The summed E-state index contributed by atoms with van der Waals surface area (Å²) >= 11 is 0. The van der Waals surface area contributed by atoms with Crippen LogP contribution in [-0.2, 0) is 0 Å². The molecular formula is C28H33NO. The Kier molecular flexibility index (Phi) is 8.29. The van der Waals surface area contributed by atoms with Crippen LogP contribution in [0.2, 0.25) is 0 Å². The minimum Gasteiger partial charge on any atom is -0.492 e. The Bertz CT molecular complexity index is 910.